The quantitative estimate of drug-likeness (QED) is 0.671. The maximum absolute atomic E-state index is 13.7. The van der Waals surface area contributed by atoms with E-state index in [1.807, 2.05) is 32.0 Å². The highest BCUT2D eigenvalue weighted by molar-refractivity contribution is 6.97. The Hall–Kier alpha value is -2.58. The molecule has 5 rings (SSSR count). The number of β-amino-alcohol motifs (C(OH)–C–C–N with tert-alkyl or cyclic N) is 1. The summed E-state index contributed by atoms with van der Waals surface area (Å²) >= 11 is 0. The number of hydrogen-bond donors (Lipinski definition) is 2. The Balaban J connectivity index is 1.44. The van der Waals surface area contributed by atoms with Gasteiger partial charge >= 0.3 is 0 Å². The van der Waals surface area contributed by atoms with Gasteiger partial charge in [-0.15, -0.1) is 0 Å². The molecule has 1 aliphatic carbocycles. The van der Waals surface area contributed by atoms with E-state index in [1.165, 1.54) is 12.7 Å². The van der Waals surface area contributed by atoms with Crippen LogP contribution in [-0.4, -0.2) is 60.5 Å². The summed E-state index contributed by atoms with van der Waals surface area (Å²) in [7, 11) is 6.88. The van der Waals surface area contributed by atoms with Crippen molar-refractivity contribution < 1.29 is 19.3 Å². The predicted molar refractivity (Wildman–Crippen MR) is 119 cm³/mol. The molecule has 1 amide bonds. The number of fused-ring (bicyclic) bond motifs is 2. The molecule has 1 spiro atoms. The molecule has 4 unspecified atom stereocenters. The van der Waals surface area contributed by atoms with Gasteiger partial charge in [-0.1, -0.05) is 43.3 Å². The number of amides is 1. The van der Waals surface area contributed by atoms with E-state index in [4.69, 9.17) is 22.1 Å². The van der Waals surface area contributed by atoms with Crippen LogP contribution < -0.4 is 11.1 Å². The van der Waals surface area contributed by atoms with Crippen LogP contribution in [0.1, 0.15) is 49.5 Å². The third-order valence-corrected chi connectivity index (χ3v) is 6.63. The number of aliphatic hydroxyl groups excluding tert-OH is 1. The monoisotopic (exact) mass is 431 g/mol. The Kier molecular flexibility index (Phi) is 5.37. The zero-order valence-electron chi connectivity index (χ0n) is 18.2. The van der Waals surface area contributed by atoms with Crippen molar-refractivity contribution in [2.24, 2.45) is 10.9 Å². The lowest BCUT2D eigenvalue weighted by Gasteiger charge is -2.29. The Labute approximate surface area is 189 Å². The minimum absolute atomic E-state index is 0.0396. The number of hydroxylamine groups is 1. The molecular formula is C22H25B2N4O4. The Morgan fingerprint density at radius 2 is 2.22 bits per heavy atom. The van der Waals surface area contributed by atoms with Crippen molar-refractivity contribution in [3.63, 3.8) is 0 Å². The normalized spacial score (nSPS) is 27.5. The predicted octanol–water partition coefficient (Wildman–Crippen LogP) is 0.522. The molecule has 2 N–H and O–H groups in total. The van der Waals surface area contributed by atoms with Gasteiger partial charge in [0.15, 0.2) is 0 Å². The lowest BCUT2D eigenvalue weighted by molar-refractivity contribution is -0.134. The highest BCUT2D eigenvalue weighted by atomic mass is 16.7. The van der Waals surface area contributed by atoms with E-state index in [1.54, 1.807) is 11.0 Å². The summed E-state index contributed by atoms with van der Waals surface area (Å²) in [6, 6.07) is 9.40. The van der Waals surface area contributed by atoms with Crippen molar-refractivity contribution in [3.8, 4) is 0 Å². The molecule has 0 saturated carbocycles. The number of rotatable bonds is 5. The van der Waals surface area contributed by atoms with Crippen LogP contribution in [0.4, 0.5) is 0 Å². The lowest BCUT2D eigenvalue weighted by atomic mass is 9.53. The van der Waals surface area contributed by atoms with Crippen molar-refractivity contribution in [2.45, 2.75) is 56.9 Å². The maximum Gasteiger partial charge on any atom is 0.234 e. The van der Waals surface area contributed by atoms with Crippen molar-refractivity contribution in [1.82, 2.24) is 15.5 Å². The number of carbonyl (C=O) groups excluding carboxylic acids is 1. The van der Waals surface area contributed by atoms with Crippen LogP contribution >= 0.6 is 0 Å². The van der Waals surface area contributed by atoms with Gasteiger partial charge in [-0.2, -0.15) is 0 Å². The molecule has 3 radical (unpaired) electrons. The molecule has 2 aliphatic heterocycles. The molecule has 3 heterocycles. The molecule has 10 heteroatoms. The van der Waals surface area contributed by atoms with Crippen LogP contribution in [0.2, 0.25) is 0 Å². The minimum Gasteiger partial charge on any atom is -0.391 e. The Bertz CT molecular complexity index is 1060. The zero-order chi connectivity index (χ0) is 22.5. The summed E-state index contributed by atoms with van der Waals surface area (Å²) in [4.78, 5) is 26.3. The summed E-state index contributed by atoms with van der Waals surface area (Å²) in [5.41, 5.74) is 4.96. The first-order valence-corrected chi connectivity index (χ1v) is 11.0. The first kappa shape index (κ1) is 21.3. The molecule has 3 aliphatic rings. The van der Waals surface area contributed by atoms with Crippen molar-refractivity contribution in [1.29, 1.82) is 0 Å². The summed E-state index contributed by atoms with van der Waals surface area (Å²) in [6.07, 6.45) is 1.36. The van der Waals surface area contributed by atoms with Gasteiger partial charge in [0, 0.05) is 38.3 Å². The number of aliphatic imine (C=N–C) groups is 1. The molecule has 1 fully saturated rings. The number of aliphatic hydroxyl groups is 1. The number of carbonyl (C=O) groups is 1. The molecule has 8 nitrogen and oxygen atoms in total. The average Bonchev–Trinajstić information content (AvgIpc) is 3.56. The summed E-state index contributed by atoms with van der Waals surface area (Å²) < 4.78 is 5.42. The fourth-order valence-corrected chi connectivity index (χ4v) is 5.06. The first-order valence-electron chi connectivity index (χ1n) is 11.0. The topological polar surface area (TPSA) is 100 Å². The van der Waals surface area contributed by atoms with Gasteiger partial charge in [0.2, 0.25) is 11.6 Å². The molecule has 1 aromatic carbocycles. The van der Waals surface area contributed by atoms with Gasteiger partial charge < -0.3 is 14.5 Å². The molecule has 1 aromatic heterocycles. The minimum atomic E-state index is -0.775. The maximum atomic E-state index is 13.7. The number of nitrogens with one attached hydrogen (secondary N) is 1. The number of aryl methyl sites for hydroxylation is 1. The van der Waals surface area contributed by atoms with Crippen molar-refractivity contribution in [2.75, 3.05) is 6.54 Å². The number of aromatic nitrogens is 1. The van der Waals surface area contributed by atoms with Gasteiger partial charge in [-0.3, -0.25) is 4.79 Å². The van der Waals surface area contributed by atoms with Gasteiger partial charge in [0.25, 0.3) is 0 Å². The first-order chi connectivity index (χ1) is 15.4. The van der Waals surface area contributed by atoms with Gasteiger partial charge in [-0.05, 0) is 24.0 Å². The second kappa shape index (κ2) is 8.08. The largest absolute Gasteiger partial charge is 0.391 e. The zero-order valence-corrected chi connectivity index (χ0v) is 18.2. The van der Waals surface area contributed by atoms with E-state index in [0.717, 1.165) is 18.4 Å². The molecule has 0 bridgehead atoms. The Morgan fingerprint density at radius 1 is 1.41 bits per heavy atom. The summed E-state index contributed by atoms with van der Waals surface area (Å²) in [5.74, 6) is 0.303. The van der Waals surface area contributed by atoms with Gasteiger partial charge in [0.1, 0.15) is 24.7 Å². The number of amidine groups is 1. The lowest BCUT2D eigenvalue weighted by Crippen LogP contribution is -2.46. The van der Waals surface area contributed by atoms with Crippen LogP contribution in [0.3, 0.4) is 0 Å². The second-order valence-corrected chi connectivity index (χ2v) is 9.08. The average molecular weight is 431 g/mol. The summed E-state index contributed by atoms with van der Waals surface area (Å²) in [5, 5.41) is 14.3. The smallest absolute Gasteiger partial charge is 0.234 e. The van der Waals surface area contributed by atoms with Crippen molar-refractivity contribution in [3.05, 3.63) is 47.2 Å². The molecule has 32 heavy (non-hydrogen) atoms. The SMILES string of the molecule is [B][B]c1cc(C(C(=O)N2CC(O)CC2C2=NC3(CCc4ccccc43)ON2)C(C)C)on1. The molecule has 1 saturated heterocycles. The second-order valence-electron chi connectivity index (χ2n) is 9.08. The van der Waals surface area contributed by atoms with E-state index in [-0.39, 0.29) is 18.4 Å². The number of hydrogen-bond acceptors (Lipinski definition) is 7. The van der Waals surface area contributed by atoms with E-state index in [0.29, 0.717) is 23.6 Å². The molecular weight excluding hydrogens is 406 g/mol. The van der Waals surface area contributed by atoms with Crippen LogP contribution in [0.25, 0.3) is 0 Å². The Morgan fingerprint density at radius 3 is 2.97 bits per heavy atom. The molecule has 2 aromatic rings. The summed E-state index contributed by atoms with van der Waals surface area (Å²) in [6.45, 7) is 4.13. The van der Waals surface area contributed by atoms with Crippen LogP contribution in [0.5, 0.6) is 0 Å². The number of benzene rings is 1. The van der Waals surface area contributed by atoms with E-state index >= 15 is 0 Å². The van der Waals surface area contributed by atoms with Gasteiger partial charge in [0.05, 0.1) is 12.1 Å². The fourth-order valence-electron chi connectivity index (χ4n) is 5.06. The van der Waals surface area contributed by atoms with Crippen molar-refractivity contribution >= 4 is 32.2 Å². The van der Waals surface area contributed by atoms with Crippen LogP contribution in [0.15, 0.2) is 39.8 Å². The van der Waals surface area contributed by atoms with E-state index in [9.17, 15) is 9.90 Å². The number of likely N-dealkylation sites (tertiary alicyclic amines) is 1. The van der Waals surface area contributed by atoms with Crippen LogP contribution in [-0.2, 0) is 21.8 Å². The molecule has 163 valence electrons. The van der Waals surface area contributed by atoms with Gasteiger partial charge in [-0.25, -0.2) is 15.3 Å². The van der Waals surface area contributed by atoms with E-state index in [2.05, 4.69) is 16.7 Å². The van der Waals surface area contributed by atoms with Crippen LogP contribution in [0, 0.1) is 5.92 Å². The van der Waals surface area contributed by atoms with E-state index < -0.39 is 23.8 Å². The highest BCUT2D eigenvalue weighted by Crippen LogP contribution is 2.43. The molecule has 4 atom stereocenters. The number of nitrogens with zero attached hydrogens (tertiary/aromatic N) is 3. The standard InChI is InChI=1S/C22H25B2N4O4/c1-12(2)19(17-10-18(24-23)26-31-17)21(30)28-11-14(29)9-16(28)20-25-22(32-27-20)8-7-13-5-3-4-6-15(13)22/h3-6,10,12,14,16,19,29H,7-9,11H2,1-2H3,(H,25,27). The third kappa shape index (κ3) is 3.46. The fraction of sp³-hybridized carbons (Fsp3) is 0.500. The highest BCUT2D eigenvalue weighted by Gasteiger charge is 2.49. The third-order valence-electron chi connectivity index (χ3n) is 6.63.